The van der Waals surface area contributed by atoms with Gasteiger partial charge in [-0.3, -0.25) is 4.79 Å². The Hall–Kier alpha value is -2.32. The zero-order chi connectivity index (χ0) is 19.8. The van der Waals surface area contributed by atoms with Gasteiger partial charge in [0, 0.05) is 36.4 Å². The van der Waals surface area contributed by atoms with Gasteiger partial charge >= 0.3 is 5.97 Å². The minimum Gasteiger partial charge on any atom is -0.459 e. The molecule has 1 unspecified atom stereocenters. The molecule has 140 valence electrons. The average Bonchev–Trinajstić information content (AvgIpc) is 2.86. The summed E-state index contributed by atoms with van der Waals surface area (Å²) >= 11 is 0. The second-order valence-electron chi connectivity index (χ2n) is 7.81. The molecule has 1 heterocycles. The number of hydrogen-bond donors (Lipinski definition) is 1. The molecule has 0 radical (unpaired) electrons. The maximum atomic E-state index is 12.8. The van der Waals surface area contributed by atoms with E-state index in [9.17, 15) is 14.7 Å². The van der Waals surface area contributed by atoms with Gasteiger partial charge in [0.15, 0.2) is 0 Å². The summed E-state index contributed by atoms with van der Waals surface area (Å²) < 4.78 is 7.05. The lowest BCUT2D eigenvalue weighted by molar-refractivity contribution is -0.142. The van der Waals surface area contributed by atoms with E-state index in [1.165, 1.54) is 4.57 Å². The van der Waals surface area contributed by atoms with Crippen LogP contribution in [0.3, 0.4) is 0 Å². The molecular formula is C21H27NO4. The van der Waals surface area contributed by atoms with Gasteiger partial charge in [0.25, 0.3) is 5.56 Å². The highest BCUT2D eigenvalue weighted by atomic mass is 16.5. The van der Waals surface area contributed by atoms with Crippen LogP contribution in [0.5, 0.6) is 0 Å². The van der Waals surface area contributed by atoms with Gasteiger partial charge in [-0.2, -0.15) is 0 Å². The van der Waals surface area contributed by atoms with Gasteiger partial charge in [-0.05, 0) is 33.6 Å². The molecule has 26 heavy (non-hydrogen) atoms. The quantitative estimate of drug-likeness (QED) is 0.666. The van der Waals surface area contributed by atoms with Gasteiger partial charge in [-0.25, -0.2) is 4.79 Å². The van der Waals surface area contributed by atoms with Gasteiger partial charge in [0.2, 0.25) is 0 Å². The van der Waals surface area contributed by atoms with Crippen molar-refractivity contribution < 1.29 is 14.6 Å². The van der Waals surface area contributed by atoms with Crippen LogP contribution in [0.15, 0.2) is 16.6 Å². The fourth-order valence-electron chi connectivity index (χ4n) is 2.77. The highest BCUT2D eigenvalue weighted by Gasteiger charge is 2.31. The molecule has 1 atom stereocenters. The van der Waals surface area contributed by atoms with E-state index in [4.69, 9.17) is 4.74 Å². The molecule has 0 aromatic carbocycles. The van der Waals surface area contributed by atoms with Crippen LogP contribution in [-0.2, 0) is 23.0 Å². The molecule has 5 heteroatoms. The van der Waals surface area contributed by atoms with Crippen LogP contribution < -0.4 is 5.56 Å². The lowest BCUT2D eigenvalue weighted by Gasteiger charge is -2.18. The van der Waals surface area contributed by atoms with E-state index >= 15 is 0 Å². The summed E-state index contributed by atoms with van der Waals surface area (Å²) in [5, 5.41) is 9.91. The number of carbonyl (C=O) groups excluding carboxylic acids is 1. The van der Waals surface area contributed by atoms with E-state index < -0.39 is 11.6 Å². The van der Waals surface area contributed by atoms with Crippen LogP contribution in [0.25, 0.3) is 5.57 Å². The Kier molecular flexibility index (Phi) is 5.48. The number of nitrogens with zero attached hydrogens (tertiary/aromatic N) is 1. The predicted molar refractivity (Wildman–Crippen MR) is 102 cm³/mol. The van der Waals surface area contributed by atoms with E-state index in [0.717, 1.165) is 5.57 Å². The number of aryl methyl sites for hydroxylation is 1. The third-order valence-electron chi connectivity index (χ3n) is 4.53. The minimum absolute atomic E-state index is 0.145. The first-order valence-corrected chi connectivity index (χ1v) is 8.81. The van der Waals surface area contributed by atoms with Crippen molar-refractivity contribution in [3.05, 3.63) is 38.8 Å². The third-order valence-corrected chi connectivity index (χ3v) is 4.53. The summed E-state index contributed by atoms with van der Waals surface area (Å²) in [7, 11) is 1.66. The molecule has 1 aliphatic carbocycles. The first-order valence-electron chi connectivity index (χ1n) is 8.81. The Morgan fingerprint density at radius 1 is 1.35 bits per heavy atom. The minimum atomic E-state index is -1.17. The number of aliphatic hydroxyl groups is 1. The normalized spacial score (nSPS) is 14.8. The topological polar surface area (TPSA) is 68.5 Å². The monoisotopic (exact) mass is 357 g/mol. The van der Waals surface area contributed by atoms with E-state index in [-0.39, 0.29) is 17.6 Å². The third kappa shape index (κ3) is 4.08. The number of rotatable bonds is 3. The molecule has 2 rings (SSSR count). The molecule has 0 saturated carbocycles. The van der Waals surface area contributed by atoms with E-state index in [2.05, 4.69) is 11.8 Å². The van der Waals surface area contributed by atoms with Crippen molar-refractivity contribution in [2.75, 3.05) is 0 Å². The molecular weight excluding hydrogens is 330 g/mol. The summed E-state index contributed by atoms with van der Waals surface area (Å²) in [4.78, 5) is 25.3. The number of ether oxygens (including phenoxy) is 1. The first kappa shape index (κ1) is 20.0. The van der Waals surface area contributed by atoms with E-state index in [0.29, 0.717) is 28.7 Å². The number of fused-ring (bicyclic) bond motifs is 1. The predicted octanol–water partition coefficient (Wildman–Crippen LogP) is 2.43. The Balaban J connectivity index is 2.60. The Morgan fingerprint density at radius 3 is 2.50 bits per heavy atom. The van der Waals surface area contributed by atoms with Gasteiger partial charge in [-0.1, -0.05) is 31.3 Å². The summed E-state index contributed by atoms with van der Waals surface area (Å²) in [6.45, 7) is 10.8. The Labute approximate surface area is 154 Å². The molecule has 1 aromatic rings. The van der Waals surface area contributed by atoms with Crippen LogP contribution >= 0.6 is 0 Å². The summed E-state index contributed by atoms with van der Waals surface area (Å²) in [6, 6.07) is 0. The number of aromatic nitrogens is 1. The first-order chi connectivity index (χ1) is 11.9. The van der Waals surface area contributed by atoms with Crippen LogP contribution in [0.4, 0.5) is 0 Å². The second kappa shape index (κ2) is 7.13. The van der Waals surface area contributed by atoms with Crippen LogP contribution in [0, 0.1) is 17.8 Å². The second-order valence-corrected chi connectivity index (χ2v) is 7.81. The maximum Gasteiger partial charge on any atom is 0.339 e. The lowest BCUT2D eigenvalue weighted by atomic mass is 10.00. The van der Waals surface area contributed by atoms with Crippen molar-refractivity contribution in [3.63, 3.8) is 0 Å². The zero-order valence-electron chi connectivity index (χ0n) is 16.6. The molecule has 0 bridgehead atoms. The highest BCUT2D eigenvalue weighted by molar-refractivity contribution is 6.20. The summed E-state index contributed by atoms with van der Waals surface area (Å²) in [6.07, 6.45) is 1.78. The van der Waals surface area contributed by atoms with Gasteiger partial charge in [0.05, 0.1) is 5.57 Å². The standard InChI is InChI=1S/C21H27NO4/c1-12(2)14(4)26-20(24)17-13(3)10-16-18(17)15(8-9-21(5,6)25)11-22(7)19(16)23/h11-12,14,25H,10H2,1-7H3. The molecule has 0 saturated heterocycles. The number of pyridine rings is 1. The molecule has 0 spiro atoms. The largest absolute Gasteiger partial charge is 0.459 e. The lowest BCUT2D eigenvalue weighted by Crippen LogP contribution is -2.24. The zero-order valence-corrected chi connectivity index (χ0v) is 16.6. The Bertz CT molecular complexity index is 886. The smallest absolute Gasteiger partial charge is 0.339 e. The number of allylic oxidation sites excluding steroid dienone is 1. The molecule has 1 aromatic heterocycles. The average molecular weight is 357 g/mol. The van der Waals surface area contributed by atoms with Crippen molar-refractivity contribution in [3.8, 4) is 11.8 Å². The van der Waals surface area contributed by atoms with Gasteiger partial charge in [-0.15, -0.1) is 0 Å². The van der Waals surface area contributed by atoms with Crippen molar-refractivity contribution in [2.24, 2.45) is 13.0 Å². The van der Waals surface area contributed by atoms with Crippen molar-refractivity contribution in [1.29, 1.82) is 0 Å². The SMILES string of the molecule is CC1=C(C(=O)OC(C)C(C)C)c2c(C#CC(C)(C)O)cn(C)c(=O)c2C1. The molecule has 1 N–H and O–H groups in total. The molecule has 5 nitrogen and oxygen atoms in total. The highest BCUT2D eigenvalue weighted by Crippen LogP contribution is 2.34. The van der Waals surface area contributed by atoms with Crippen LogP contribution in [0.1, 0.15) is 58.2 Å². The number of carbonyl (C=O) groups is 1. The van der Waals surface area contributed by atoms with E-state index in [1.54, 1.807) is 27.1 Å². The molecule has 0 amide bonds. The van der Waals surface area contributed by atoms with Gasteiger partial charge < -0.3 is 14.4 Å². The fraction of sp³-hybridized carbons (Fsp3) is 0.524. The fourth-order valence-corrected chi connectivity index (χ4v) is 2.77. The van der Waals surface area contributed by atoms with Crippen molar-refractivity contribution in [1.82, 2.24) is 4.57 Å². The van der Waals surface area contributed by atoms with Crippen LogP contribution in [-0.4, -0.2) is 27.3 Å². The van der Waals surface area contributed by atoms with Crippen LogP contribution in [0.2, 0.25) is 0 Å². The van der Waals surface area contributed by atoms with Gasteiger partial charge in [0.1, 0.15) is 11.7 Å². The Morgan fingerprint density at radius 2 is 1.96 bits per heavy atom. The van der Waals surface area contributed by atoms with E-state index in [1.807, 2.05) is 27.7 Å². The van der Waals surface area contributed by atoms with Crippen molar-refractivity contribution >= 4 is 11.5 Å². The summed E-state index contributed by atoms with van der Waals surface area (Å²) in [5.74, 6) is 5.46. The maximum absolute atomic E-state index is 12.8. The molecule has 0 aliphatic heterocycles. The number of hydrogen-bond acceptors (Lipinski definition) is 4. The molecule has 1 aliphatic rings. The van der Waals surface area contributed by atoms with Crippen molar-refractivity contribution in [2.45, 2.75) is 59.7 Å². The summed E-state index contributed by atoms with van der Waals surface area (Å²) in [5.41, 5.74) is 1.55. The number of esters is 1. The molecule has 0 fully saturated rings.